The molecule has 78 valence electrons. The molecule has 0 radical (unpaired) electrons. The second-order valence-corrected chi connectivity index (χ2v) is 2.61. The molecule has 0 aliphatic heterocycles. The Kier molecular flexibility index (Phi) is 6.07. The minimum Gasteiger partial charge on any atom is -0.480 e. The molecule has 0 aliphatic carbocycles. The Balaban J connectivity index is 3.63. The number of carboxylic acids is 1. The second-order valence-electron chi connectivity index (χ2n) is 2.61. The Morgan fingerprint density at radius 3 is 2.64 bits per heavy atom. The van der Waals surface area contributed by atoms with Crippen LogP contribution in [0.4, 0.5) is 0 Å². The Hall–Kier alpha value is -1.61. The molecule has 0 atom stereocenters. The third kappa shape index (κ3) is 5.97. The first-order chi connectivity index (χ1) is 6.57. The first kappa shape index (κ1) is 12.4. The maximum Gasteiger partial charge on any atom is 0.329 e. The van der Waals surface area contributed by atoms with Gasteiger partial charge in [-0.15, -0.1) is 0 Å². The van der Waals surface area contributed by atoms with E-state index in [-0.39, 0.29) is 18.9 Å². The summed E-state index contributed by atoms with van der Waals surface area (Å²) in [6.07, 6.45) is 0.251. The van der Waals surface area contributed by atoms with Gasteiger partial charge in [-0.2, -0.15) is 5.26 Å². The molecule has 14 heavy (non-hydrogen) atoms. The van der Waals surface area contributed by atoms with E-state index in [1.807, 2.05) is 6.07 Å². The Morgan fingerprint density at radius 1 is 1.50 bits per heavy atom. The highest BCUT2D eigenvalue weighted by Gasteiger charge is 2.08. The van der Waals surface area contributed by atoms with E-state index in [4.69, 9.17) is 10.4 Å². The van der Waals surface area contributed by atoms with Crippen molar-refractivity contribution >= 4 is 11.9 Å². The van der Waals surface area contributed by atoms with Crippen molar-refractivity contribution < 1.29 is 19.4 Å². The van der Waals surface area contributed by atoms with Crippen LogP contribution in [-0.2, 0) is 14.3 Å². The van der Waals surface area contributed by atoms with Gasteiger partial charge >= 0.3 is 5.97 Å². The minimum absolute atomic E-state index is 0.251. The number of nitrogens with zero attached hydrogens (tertiary/aromatic N) is 2. The van der Waals surface area contributed by atoms with E-state index < -0.39 is 12.6 Å². The summed E-state index contributed by atoms with van der Waals surface area (Å²) in [4.78, 5) is 22.5. The van der Waals surface area contributed by atoms with Crippen LogP contribution in [0.25, 0.3) is 0 Å². The lowest BCUT2D eigenvalue weighted by Crippen LogP contribution is -2.31. The van der Waals surface area contributed by atoms with Crippen molar-refractivity contribution in [2.75, 3.05) is 26.8 Å². The highest BCUT2D eigenvalue weighted by Crippen LogP contribution is 1.89. The number of carbonyl (C=O) groups excluding carboxylic acids is 1. The summed E-state index contributed by atoms with van der Waals surface area (Å²) in [5.41, 5.74) is 0. The molecular formula is C8H12N2O4. The molecule has 0 aromatic carbocycles. The van der Waals surface area contributed by atoms with Crippen molar-refractivity contribution in [3.63, 3.8) is 0 Å². The van der Waals surface area contributed by atoms with E-state index in [1.165, 1.54) is 11.9 Å². The molecule has 0 spiro atoms. The number of likely N-dealkylation sites (N-methyl/N-ethyl adjacent to an activating group) is 1. The van der Waals surface area contributed by atoms with Crippen LogP contribution in [0.2, 0.25) is 0 Å². The number of aliphatic carboxylic acids is 1. The van der Waals surface area contributed by atoms with Gasteiger partial charge in [0.1, 0.15) is 13.2 Å². The van der Waals surface area contributed by atoms with Crippen LogP contribution in [-0.4, -0.2) is 48.7 Å². The van der Waals surface area contributed by atoms with Gasteiger partial charge in [-0.3, -0.25) is 4.79 Å². The summed E-state index contributed by atoms with van der Waals surface area (Å²) in [7, 11) is 1.53. The molecule has 0 fully saturated rings. The van der Waals surface area contributed by atoms with Gasteiger partial charge in [0.25, 0.3) is 0 Å². The van der Waals surface area contributed by atoms with Crippen LogP contribution in [0.1, 0.15) is 6.42 Å². The fourth-order valence-corrected chi connectivity index (χ4v) is 0.678. The molecule has 0 bridgehead atoms. The molecule has 1 N–H and O–H groups in total. The van der Waals surface area contributed by atoms with Crippen molar-refractivity contribution in [2.24, 2.45) is 0 Å². The highest BCUT2D eigenvalue weighted by atomic mass is 16.5. The van der Waals surface area contributed by atoms with Crippen molar-refractivity contribution in [3.05, 3.63) is 0 Å². The first-order valence-corrected chi connectivity index (χ1v) is 3.98. The summed E-state index contributed by atoms with van der Waals surface area (Å²) in [5, 5.41) is 16.5. The maximum atomic E-state index is 11.1. The smallest absolute Gasteiger partial charge is 0.329 e. The van der Waals surface area contributed by atoms with Gasteiger partial charge in [0.15, 0.2) is 0 Å². The lowest BCUT2D eigenvalue weighted by Gasteiger charge is -2.14. The number of nitriles is 1. The minimum atomic E-state index is -1.11. The van der Waals surface area contributed by atoms with Crippen molar-refractivity contribution in [1.82, 2.24) is 4.90 Å². The van der Waals surface area contributed by atoms with Crippen LogP contribution in [0.3, 0.4) is 0 Å². The first-order valence-electron chi connectivity index (χ1n) is 3.98. The molecule has 0 aliphatic rings. The Labute approximate surface area is 81.7 Å². The standard InChI is InChI=1S/C8H12N2O4/c1-10(4-2-3-9)7(11)5-14-6-8(12)13/h2,4-6H2,1H3,(H,12,13). The SMILES string of the molecule is CN(CCC#N)C(=O)COCC(=O)O. The molecule has 0 saturated carbocycles. The van der Waals surface area contributed by atoms with Gasteiger partial charge < -0.3 is 14.7 Å². The Bertz CT molecular complexity index is 246. The van der Waals surface area contributed by atoms with E-state index in [0.29, 0.717) is 6.54 Å². The van der Waals surface area contributed by atoms with Crippen molar-refractivity contribution in [1.29, 1.82) is 5.26 Å². The summed E-state index contributed by atoms with van der Waals surface area (Å²) in [6.45, 7) is -0.433. The van der Waals surface area contributed by atoms with Gasteiger partial charge in [-0.25, -0.2) is 4.79 Å². The van der Waals surface area contributed by atoms with Crippen LogP contribution in [0.5, 0.6) is 0 Å². The average Bonchev–Trinajstić information content (AvgIpc) is 2.13. The number of carbonyl (C=O) groups is 2. The van der Waals surface area contributed by atoms with Crippen LogP contribution >= 0.6 is 0 Å². The molecule has 0 rings (SSSR count). The topological polar surface area (TPSA) is 90.6 Å². The number of amides is 1. The molecular weight excluding hydrogens is 188 g/mol. The van der Waals surface area contributed by atoms with E-state index in [2.05, 4.69) is 4.74 Å². The normalized spacial score (nSPS) is 9.14. The quantitative estimate of drug-likeness (QED) is 0.621. The average molecular weight is 200 g/mol. The second kappa shape index (κ2) is 6.86. The number of rotatable bonds is 6. The monoisotopic (exact) mass is 200 g/mol. The van der Waals surface area contributed by atoms with Crippen LogP contribution in [0, 0.1) is 11.3 Å². The van der Waals surface area contributed by atoms with Gasteiger partial charge in [0, 0.05) is 13.6 Å². The zero-order valence-electron chi connectivity index (χ0n) is 7.89. The predicted octanol–water partition coefficient (Wildman–Crippen LogP) is -0.540. The Morgan fingerprint density at radius 2 is 2.14 bits per heavy atom. The van der Waals surface area contributed by atoms with E-state index in [1.54, 1.807) is 0 Å². The molecule has 0 heterocycles. The van der Waals surface area contributed by atoms with Gasteiger partial charge in [0.2, 0.25) is 5.91 Å². The summed E-state index contributed by atoms with van der Waals surface area (Å²) in [5.74, 6) is -1.45. The fourth-order valence-electron chi connectivity index (χ4n) is 0.678. The van der Waals surface area contributed by atoms with E-state index >= 15 is 0 Å². The molecule has 0 aromatic rings. The summed E-state index contributed by atoms with van der Waals surface area (Å²) < 4.78 is 4.58. The fraction of sp³-hybridized carbons (Fsp3) is 0.625. The summed E-state index contributed by atoms with van der Waals surface area (Å²) >= 11 is 0. The third-order valence-corrected chi connectivity index (χ3v) is 1.44. The molecule has 6 nitrogen and oxygen atoms in total. The molecule has 1 amide bonds. The maximum absolute atomic E-state index is 11.1. The lowest BCUT2D eigenvalue weighted by molar-refractivity contribution is -0.145. The van der Waals surface area contributed by atoms with E-state index in [0.717, 1.165) is 0 Å². The van der Waals surface area contributed by atoms with Gasteiger partial charge in [0.05, 0.1) is 12.5 Å². The molecule has 0 unspecified atom stereocenters. The van der Waals surface area contributed by atoms with Gasteiger partial charge in [-0.1, -0.05) is 0 Å². The zero-order valence-corrected chi connectivity index (χ0v) is 7.89. The third-order valence-electron chi connectivity index (χ3n) is 1.44. The van der Waals surface area contributed by atoms with Gasteiger partial charge in [-0.05, 0) is 0 Å². The predicted molar refractivity (Wildman–Crippen MR) is 46.3 cm³/mol. The molecule has 6 heteroatoms. The van der Waals surface area contributed by atoms with Crippen LogP contribution in [0.15, 0.2) is 0 Å². The van der Waals surface area contributed by atoms with Crippen molar-refractivity contribution in [2.45, 2.75) is 6.42 Å². The zero-order chi connectivity index (χ0) is 11.0. The molecule has 0 saturated heterocycles. The van der Waals surface area contributed by atoms with Crippen LogP contribution < -0.4 is 0 Å². The number of hydrogen-bond acceptors (Lipinski definition) is 4. The summed E-state index contributed by atoms with van der Waals surface area (Å²) in [6, 6.07) is 1.90. The lowest BCUT2D eigenvalue weighted by atomic mass is 10.4. The highest BCUT2D eigenvalue weighted by molar-refractivity contribution is 5.77. The van der Waals surface area contributed by atoms with E-state index in [9.17, 15) is 9.59 Å². The largest absolute Gasteiger partial charge is 0.480 e. The molecule has 0 aromatic heterocycles. The number of carboxylic acid groups (broad SMARTS) is 1. The van der Waals surface area contributed by atoms with Crippen molar-refractivity contribution in [3.8, 4) is 6.07 Å². The number of hydrogen-bond donors (Lipinski definition) is 1. The number of ether oxygens (including phenoxy) is 1.